The van der Waals surface area contributed by atoms with Crippen molar-refractivity contribution in [2.45, 2.75) is 0 Å². The molecule has 0 atom stereocenters. The Bertz CT molecular complexity index is 748. The number of halogens is 2. The second kappa shape index (κ2) is 5.44. The second-order valence-corrected chi connectivity index (χ2v) is 5.74. The Balaban J connectivity index is 2.04. The van der Waals surface area contributed by atoms with E-state index >= 15 is 0 Å². The van der Waals surface area contributed by atoms with Crippen LogP contribution in [0.2, 0.25) is 0 Å². The first kappa shape index (κ1) is 14.0. The fourth-order valence-electron chi connectivity index (χ4n) is 2.22. The van der Waals surface area contributed by atoms with Gasteiger partial charge in [0, 0.05) is 3.57 Å². The molecule has 1 N–H and O–H groups in total. The summed E-state index contributed by atoms with van der Waals surface area (Å²) in [6.45, 7) is -0.0523. The molecule has 0 bridgehead atoms. The Morgan fingerprint density at radius 2 is 2.00 bits per heavy atom. The minimum absolute atomic E-state index is 0.0523. The number of hydrogen-bond acceptors (Lipinski definition) is 2. The maximum absolute atomic E-state index is 13.2. The number of nitrogens with zero attached hydrogens (tertiary/aromatic N) is 1. The van der Waals surface area contributed by atoms with Gasteiger partial charge in [0.1, 0.15) is 12.4 Å². The lowest BCUT2D eigenvalue weighted by atomic mass is 10.1. The smallest absolute Gasteiger partial charge is 0.259 e. The van der Waals surface area contributed by atoms with Crippen molar-refractivity contribution in [3.63, 3.8) is 0 Å². The van der Waals surface area contributed by atoms with Crippen LogP contribution in [0, 0.1) is 9.39 Å². The molecule has 0 spiro atoms. The predicted molar refractivity (Wildman–Crippen MR) is 85.9 cm³/mol. The summed E-state index contributed by atoms with van der Waals surface area (Å²) in [5.74, 6) is -0.964. The van der Waals surface area contributed by atoms with Gasteiger partial charge in [-0.1, -0.05) is 12.1 Å². The first-order valence-corrected chi connectivity index (χ1v) is 7.30. The number of carbonyl (C=O) groups excluding carboxylic acids is 2. The summed E-state index contributed by atoms with van der Waals surface area (Å²) in [7, 11) is 0. The molecular formula is C15H10FIN2O2. The minimum Gasteiger partial charge on any atom is -0.323 e. The van der Waals surface area contributed by atoms with Crippen LogP contribution in [0.3, 0.4) is 0 Å². The molecule has 0 aliphatic carbocycles. The molecule has 21 heavy (non-hydrogen) atoms. The van der Waals surface area contributed by atoms with Crippen LogP contribution in [-0.2, 0) is 4.79 Å². The van der Waals surface area contributed by atoms with Crippen molar-refractivity contribution in [3.05, 3.63) is 57.4 Å². The second-order valence-electron chi connectivity index (χ2n) is 4.58. The fraction of sp³-hybridized carbons (Fsp3) is 0.0667. The van der Waals surface area contributed by atoms with Crippen LogP contribution in [-0.4, -0.2) is 18.4 Å². The molecule has 3 rings (SSSR count). The third-order valence-corrected chi connectivity index (χ3v) is 4.07. The van der Waals surface area contributed by atoms with Gasteiger partial charge >= 0.3 is 0 Å². The SMILES string of the molecule is O=C1CN(C(=O)c2ccc(F)cc2I)c2ccccc2N1. The van der Waals surface area contributed by atoms with Crippen LogP contribution >= 0.6 is 22.6 Å². The third-order valence-electron chi connectivity index (χ3n) is 3.18. The van der Waals surface area contributed by atoms with Crippen molar-refractivity contribution in [3.8, 4) is 0 Å². The zero-order valence-electron chi connectivity index (χ0n) is 10.8. The monoisotopic (exact) mass is 396 g/mol. The number of hydrogen-bond donors (Lipinski definition) is 1. The van der Waals surface area contributed by atoms with E-state index < -0.39 is 5.82 Å². The summed E-state index contributed by atoms with van der Waals surface area (Å²) in [6, 6.07) is 11.1. The van der Waals surface area contributed by atoms with Gasteiger partial charge in [0.15, 0.2) is 0 Å². The number of para-hydroxylation sites is 2. The van der Waals surface area contributed by atoms with Gasteiger partial charge in [-0.3, -0.25) is 14.5 Å². The zero-order valence-corrected chi connectivity index (χ0v) is 12.9. The number of rotatable bonds is 1. The lowest BCUT2D eigenvalue weighted by Gasteiger charge is -2.29. The summed E-state index contributed by atoms with van der Waals surface area (Å²) in [6.07, 6.45) is 0. The Hall–Kier alpha value is -1.96. The molecule has 106 valence electrons. The number of nitrogens with one attached hydrogen (secondary N) is 1. The molecule has 0 saturated heterocycles. The molecular weight excluding hydrogens is 386 g/mol. The molecule has 1 aliphatic rings. The van der Waals surface area contributed by atoms with Crippen LogP contribution in [0.4, 0.5) is 15.8 Å². The van der Waals surface area contributed by atoms with Crippen molar-refractivity contribution in [2.24, 2.45) is 0 Å². The van der Waals surface area contributed by atoms with Crippen molar-refractivity contribution < 1.29 is 14.0 Å². The zero-order chi connectivity index (χ0) is 15.0. The number of amides is 2. The molecule has 1 heterocycles. The van der Waals surface area contributed by atoms with E-state index in [1.165, 1.54) is 23.1 Å². The average Bonchev–Trinajstić information content (AvgIpc) is 2.45. The molecule has 6 heteroatoms. The molecule has 0 fully saturated rings. The predicted octanol–water partition coefficient (Wildman–Crippen LogP) is 3.03. The molecule has 2 aromatic carbocycles. The summed E-state index contributed by atoms with van der Waals surface area (Å²) in [5.41, 5.74) is 1.61. The van der Waals surface area contributed by atoms with Gasteiger partial charge in [0.05, 0.1) is 16.9 Å². The number of benzene rings is 2. The fourth-order valence-corrected chi connectivity index (χ4v) is 2.93. The first-order chi connectivity index (χ1) is 10.1. The molecule has 1 aliphatic heterocycles. The molecule has 4 nitrogen and oxygen atoms in total. The summed E-state index contributed by atoms with van der Waals surface area (Å²) < 4.78 is 13.7. The minimum atomic E-state index is -0.396. The van der Waals surface area contributed by atoms with E-state index in [1.54, 1.807) is 24.3 Å². The van der Waals surface area contributed by atoms with Crippen molar-refractivity contribution in [1.29, 1.82) is 0 Å². The lowest BCUT2D eigenvalue weighted by molar-refractivity contribution is -0.115. The van der Waals surface area contributed by atoms with Gasteiger partial charge in [-0.15, -0.1) is 0 Å². The third kappa shape index (κ3) is 2.63. The van der Waals surface area contributed by atoms with E-state index in [-0.39, 0.29) is 18.4 Å². The highest BCUT2D eigenvalue weighted by atomic mass is 127. The summed E-state index contributed by atoms with van der Waals surface area (Å²) >= 11 is 1.91. The van der Waals surface area contributed by atoms with Crippen LogP contribution in [0.15, 0.2) is 42.5 Å². The number of anilines is 2. The number of carbonyl (C=O) groups is 2. The van der Waals surface area contributed by atoms with Crippen molar-refractivity contribution in [1.82, 2.24) is 0 Å². The van der Waals surface area contributed by atoms with Crippen molar-refractivity contribution in [2.75, 3.05) is 16.8 Å². The molecule has 0 unspecified atom stereocenters. The van der Waals surface area contributed by atoms with E-state index in [4.69, 9.17) is 0 Å². The summed E-state index contributed by atoms with van der Waals surface area (Å²) in [4.78, 5) is 25.8. The molecule has 0 aromatic heterocycles. The van der Waals surface area contributed by atoms with E-state index in [1.807, 2.05) is 22.6 Å². The molecule has 2 aromatic rings. The highest BCUT2D eigenvalue weighted by Gasteiger charge is 2.28. The van der Waals surface area contributed by atoms with Crippen molar-refractivity contribution >= 4 is 45.8 Å². The molecule has 0 radical (unpaired) electrons. The standard InChI is InChI=1S/C15H10FIN2O2/c16-9-5-6-10(11(17)7-9)15(21)19-8-14(20)18-12-3-1-2-4-13(12)19/h1-7H,8H2,(H,18,20). The van der Waals surface area contributed by atoms with Crippen LogP contribution in [0.1, 0.15) is 10.4 Å². The van der Waals surface area contributed by atoms with E-state index in [0.717, 1.165) is 0 Å². The molecule has 0 saturated carbocycles. The van der Waals surface area contributed by atoms with E-state index in [0.29, 0.717) is 20.5 Å². The largest absolute Gasteiger partial charge is 0.323 e. The van der Waals surface area contributed by atoms with Gasteiger partial charge in [-0.05, 0) is 52.9 Å². The molecule has 2 amide bonds. The van der Waals surface area contributed by atoms with Gasteiger partial charge in [-0.25, -0.2) is 4.39 Å². The Kier molecular flexibility index (Phi) is 3.62. The maximum atomic E-state index is 13.2. The normalized spacial score (nSPS) is 13.6. The lowest BCUT2D eigenvalue weighted by Crippen LogP contribution is -2.42. The van der Waals surface area contributed by atoms with Gasteiger partial charge < -0.3 is 5.32 Å². The Morgan fingerprint density at radius 1 is 1.24 bits per heavy atom. The number of fused-ring (bicyclic) bond motifs is 1. The van der Waals surface area contributed by atoms with E-state index in [2.05, 4.69) is 5.32 Å². The van der Waals surface area contributed by atoms with Crippen LogP contribution < -0.4 is 10.2 Å². The van der Waals surface area contributed by atoms with Gasteiger partial charge in [0.2, 0.25) is 5.91 Å². The highest BCUT2D eigenvalue weighted by molar-refractivity contribution is 14.1. The Labute approximate surface area is 134 Å². The van der Waals surface area contributed by atoms with Crippen LogP contribution in [0.5, 0.6) is 0 Å². The van der Waals surface area contributed by atoms with Crippen LogP contribution in [0.25, 0.3) is 0 Å². The summed E-state index contributed by atoms with van der Waals surface area (Å²) in [5, 5.41) is 2.73. The van der Waals surface area contributed by atoms with Gasteiger partial charge in [0.25, 0.3) is 5.91 Å². The Morgan fingerprint density at radius 3 is 2.76 bits per heavy atom. The van der Waals surface area contributed by atoms with Gasteiger partial charge in [-0.2, -0.15) is 0 Å². The highest BCUT2D eigenvalue weighted by Crippen LogP contribution is 2.30. The maximum Gasteiger partial charge on any atom is 0.259 e. The quantitative estimate of drug-likeness (QED) is 0.754. The first-order valence-electron chi connectivity index (χ1n) is 6.22. The van der Waals surface area contributed by atoms with E-state index in [9.17, 15) is 14.0 Å². The average molecular weight is 396 g/mol. The topological polar surface area (TPSA) is 49.4 Å².